The van der Waals surface area contributed by atoms with Crippen LogP contribution in [0.25, 0.3) is 0 Å². The van der Waals surface area contributed by atoms with E-state index in [4.69, 9.17) is 9.84 Å². The summed E-state index contributed by atoms with van der Waals surface area (Å²) in [4.78, 5) is 10.9. The Bertz CT molecular complexity index is 276. The highest BCUT2D eigenvalue weighted by Crippen LogP contribution is 2.20. The lowest BCUT2D eigenvalue weighted by Gasteiger charge is -2.40. The number of nitrogens with one attached hydrogen (secondary N) is 1. The quantitative estimate of drug-likeness (QED) is 0.373. The molecule has 0 radical (unpaired) electrons. The van der Waals surface area contributed by atoms with Crippen molar-refractivity contribution in [3.63, 3.8) is 0 Å². The third kappa shape index (κ3) is 3.36. The van der Waals surface area contributed by atoms with Gasteiger partial charge in [-0.15, -0.1) is 0 Å². The normalized spacial score (nSPS) is 39.8. The fourth-order valence-corrected chi connectivity index (χ4v) is 1.66. The van der Waals surface area contributed by atoms with Crippen LogP contribution in [0.3, 0.4) is 0 Å². The van der Waals surface area contributed by atoms with Crippen LogP contribution in [0.2, 0.25) is 0 Å². The molecule has 4 unspecified atom stereocenters. The Morgan fingerprint density at radius 2 is 2.00 bits per heavy atom. The first-order chi connectivity index (χ1) is 7.88. The number of ether oxygens (including phenoxy) is 1. The lowest BCUT2D eigenvalue weighted by molar-refractivity contribution is -0.253. The molecule has 1 aliphatic rings. The summed E-state index contributed by atoms with van der Waals surface area (Å²) < 4.78 is 4.88. The zero-order valence-corrected chi connectivity index (χ0v) is 10.7. The second kappa shape index (κ2) is 6.07. The van der Waals surface area contributed by atoms with Crippen LogP contribution in [0.1, 0.15) is 6.92 Å². The van der Waals surface area contributed by atoms with Gasteiger partial charge in [0.15, 0.2) is 6.29 Å². The fourth-order valence-electron chi connectivity index (χ4n) is 1.53. The van der Waals surface area contributed by atoms with E-state index in [0.717, 1.165) is 0 Å². The molecule has 1 fully saturated rings. The summed E-state index contributed by atoms with van der Waals surface area (Å²) in [5.41, 5.74) is 0. The van der Waals surface area contributed by atoms with Gasteiger partial charge in [-0.1, -0.05) is 15.9 Å². The lowest BCUT2D eigenvalue weighted by Crippen LogP contribution is -2.64. The molecule has 0 saturated carbocycles. The van der Waals surface area contributed by atoms with Crippen molar-refractivity contribution in [3.05, 3.63) is 0 Å². The Hall–Kier alpha value is -0.250. The van der Waals surface area contributed by atoms with E-state index >= 15 is 0 Å². The van der Waals surface area contributed by atoms with Crippen molar-refractivity contribution in [1.82, 2.24) is 5.32 Å². The second-order valence-electron chi connectivity index (χ2n) is 3.88. The van der Waals surface area contributed by atoms with Crippen LogP contribution in [-0.2, 0) is 9.53 Å². The number of aliphatic hydroxyl groups is 4. The Labute approximate surface area is 107 Å². The summed E-state index contributed by atoms with van der Waals surface area (Å²) in [7, 11) is 0. The zero-order chi connectivity index (χ0) is 13.2. The first-order valence-electron chi connectivity index (χ1n) is 5.13. The van der Waals surface area contributed by atoms with Gasteiger partial charge in [0.05, 0.1) is 11.4 Å². The monoisotopic (exact) mass is 313 g/mol. The van der Waals surface area contributed by atoms with Crippen molar-refractivity contribution in [2.75, 3.05) is 6.61 Å². The summed E-state index contributed by atoms with van der Waals surface area (Å²) in [6.07, 6.45) is -5.35. The van der Waals surface area contributed by atoms with E-state index in [1.54, 1.807) is 6.92 Å². The molecular weight excluding hydrogens is 298 g/mol. The largest absolute Gasteiger partial charge is 0.394 e. The van der Waals surface area contributed by atoms with Gasteiger partial charge in [0.25, 0.3) is 0 Å². The summed E-state index contributed by atoms with van der Waals surface area (Å²) in [6, 6.07) is -1.14. The van der Waals surface area contributed by atoms with E-state index in [-0.39, 0.29) is 0 Å². The highest BCUT2D eigenvalue weighted by molar-refractivity contribution is 9.10. The van der Waals surface area contributed by atoms with Crippen molar-refractivity contribution in [1.29, 1.82) is 0 Å². The minimum absolute atomic E-state index is 0.452. The Kier molecular flexibility index (Phi) is 5.29. The van der Waals surface area contributed by atoms with E-state index < -0.39 is 48.0 Å². The van der Waals surface area contributed by atoms with Crippen molar-refractivity contribution in [3.8, 4) is 0 Å². The number of halogens is 1. The molecule has 0 aromatic heterocycles. The average molecular weight is 314 g/mol. The SMILES string of the molecule is CC(Br)C(=O)NC1C(O)O[C@H](CO)C(O)[C@@H]1O. The summed E-state index contributed by atoms with van der Waals surface area (Å²) >= 11 is 3.03. The zero-order valence-electron chi connectivity index (χ0n) is 9.15. The molecule has 7 nitrogen and oxygen atoms in total. The van der Waals surface area contributed by atoms with Gasteiger partial charge < -0.3 is 30.5 Å². The number of carbonyl (C=O) groups is 1. The molecular formula is C9H16BrNO6. The van der Waals surface area contributed by atoms with Crippen molar-refractivity contribution >= 4 is 21.8 Å². The summed E-state index contributed by atoms with van der Waals surface area (Å²) in [5.74, 6) is -0.452. The molecule has 1 rings (SSSR count). The number of carbonyl (C=O) groups excluding carboxylic acids is 1. The molecule has 17 heavy (non-hydrogen) atoms. The third-order valence-electron chi connectivity index (χ3n) is 2.57. The summed E-state index contributed by atoms with van der Waals surface area (Å²) in [5, 5.41) is 40.0. The smallest absolute Gasteiger partial charge is 0.233 e. The molecule has 0 aliphatic carbocycles. The van der Waals surface area contributed by atoms with Crippen LogP contribution < -0.4 is 5.32 Å². The highest BCUT2D eigenvalue weighted by Gasteiger charge is 2.44. The number of amides is 1. The molecule has 0 bridgehead atoms. The van der Waals surface area contributed by atoms with E-state index in [2.05, 4.69) is 21.2 Å². The third-order valence-corrected chi connectivity index (χ3v) is 2.99. The number of hydrogen-bond donors (Lipinski definition) is 5. The number of alkyl halides is 1. The Balaban J connectivity index is 2.69. The molecule has 1 aliphatic heterocycles. The van der Waals surface area contributed by atoms with Crippen LogP contribution >= 0.6 is 15.9 Å². The standard InChI is InChI=1S/C9H16BrNO6/c1-3(10)8(15)11-5-7(14)6(13)4(2-12)17-9(5)16/h3-7,9,12-14,16H,2H2,1H3,(H,11,15)/t3?,4-,5?,6?,7-,9?/m1/s1. The molecule has 0 aromatic rings. The van der Waals surface area contributed by atoms with Crippen molar-refractivity contribution in [2.45, 2.75) is 42.4 Å². The first-order valence-corrected chi connectivity index (χ1v) is 6.05. The molecule has 0 aromatic carbocycles. The van der Waals surface area contributed by atoms with Crippen LogP contribution in [0.15, 0.2) is 0 Å². The minimum Gasteiger partial charge on any atom is -0.394 e. The predicted octanol–water partition coefficient (Wildman–Crippen LogP) is -2.31. The average Bonchev–Trinajstić information content (AvgIpc) is 2.28. The Morgan fingerprint density at radius 3 is 2.47 bits per heavy atom. The van der Waals surface area contributed by atoms with Gasteiger partial charge in [0.1, 0.15) is 24.4 Å². The number of aliphatic hydroxyl groups excluding tert-OH is 4. The molecule has 8 heteroatoms. The predicted molar refractivity (Wildman–Crippen MR) is 60.3 cm³/mol. The molecule has 5 N–H and O–H groups in total. The van der Waals surface area contributed by atoms with E-state index in [1.165, 1.54) is 0 Å². The maximum atomic E-state index is 11.4. The van der Waals surface area contributed by atoms with Gasteiger partial charge in [-0.25, -0.2) is 0 Å². The Morgan fingerprint density at radius 1 is 1.41 bits per heavy atom. The number of hydrogen-bond acceptors (Lipinski definition) is 6. The van der Waals surface area contributed by atoms with Crippen molar-refractivity contribution in [2.24, 2.45) is 0 Å². The van der Waals surface area contributed by atoms with E-state index in [1.807, 2.05) is 0 Å². The molecule has 100 valence electrons. The molecule has 6 atom stereocenters. The van der Waals surface area contributed by atoms with Gasteiger partial charge in [0, 0.05) is 0 Å². The van der Waals surface area contributed by atoms with Crippen LogP contribution in [0.4, 0.5) is 0 Å². The van der Waals surface area contributed by atoms with Gasteiger partial charge in [-0.3, -0.25) is 4.79 Å². The van der Waals surface area contributed by atoms with Crippen molar-refractivity contribution < 1.29 is 30.0 Å². The fraction of sp³-hybridized carbons (Fsp3) is 0.889. The van der Waals surface area contributed by atoms with E-state index in [0.29, 0.717) is 0 Å². The maximum absolute atomic E-state index is 11.4. The van der Waals surface area contributed by atoms with Gasteiger partial charge >= 0.3 is 0 Å². The van der Waals surface area contributed by atoms with Crippen LogP contribution in [-0.4, -0.2) is 68.4 Å². The lowest BCUT2D eigenvalue weighted by atomic mass is 9.97. The molecule has 0 spiro atoms. The first kappa shape index (κ1) is 14.8. The minimum atomic E-state index is -1.49. The highest BCUT2D eigenvalue weighted by atomic mass is 79.9. The molecule has 1 saturated heterocycles. The van der Waals surface area contributed by atoms with Gasteiger partial charge in [-0.2, -0.15) is 0 Å². The van der Waals surface area contributed by atoms with Gasteiger partial charge in [-0.05, 0) is 6.92 Å². The van der Waals surface area contributed by atoms with Crippen LogP contribution in [0, 0.1) is 0 Å². The second-order valence-corrected chi connectivity index (χ2v) is 5.25. The molecule has 1 heterocycles. The van der Waals surface area contributed by atoms with E-state index in [9.17, 15) is 20.1 Å². The maximum Gasteiger partial charge on any atom is 0.233 e. The van der Waals surface area contributed by atoms with Gasteiger partial charge in [0.2, 0.25) is 5.91 Å². The molecule has 1 amide bonds. The van der Waals surface area contributed by atoms with Crippen LogP contribution in [0.5, 0.6) is 0 Å². The number of rotatable bonds is 3. The summed E-state index contributed by atoms with van der Waals surface area (Å²) in [6.45, 7) is 1.04. The topological polar surface area (TPSA) is 119 Å².